The molecule has 0 aliphatic carbocycles. The van der Waals surface area contributed by atoms with Crippen LogP contribution >= 0.6 is 0 Å². The van der Waals surface area contributed by atoms with Gasteiger partial charge in [-0.3, -0.25) is 0 Å². The predicted octanol–water partition coefficient (Wildman–Crippen LogP) is 4.36. The van der Waals surface area contributed by atoms with Crippen molar-refractivity contribution in [2.45, 2.75) is 44.9 Å². The van der Waals surface area contributed by atoms with E-state index in [1.807, 2.05) is 12.1 Å². The molecule has 2 aliphatic heterocycles. The Morgan fingerprint density at radius 3 is 2.17 bits per heavy atom. The lowest BCUT2D eigenvalue weighted by atomic mass is 9.80. The first-order valence-corrected chi connectivity index (χ1v) is 14.2. The summed E-state index contributed by atoms with van der Waals surface area (Å²) >= 11 is 0. The molecular weight excluding hydrogens is 536 g/mol. The number of rotatable bonds is 9. The molecule has 0 unspecified atom stereocenters. The molecule has 10 heteroatoms. The molecule has 0 aromatic heterocycles. The topological polar surface area (TPSA) is 129 Å². The van der Waals surface area contributed by atoms with Gasteiger partial charge in [0.25, 0.3) is 0 Å². The van der Waals surface area contributed by atoms with Crippen molar-refractivity contribution in [1.82, 2.24) is 15.5 Å². The number of carbonyl (C=O) groups excluding carboxylic acids is 3. The van der Waals surface area contributed by atoms with Crippen molar-refractivity contribution in [3.05, 3.63) is 82.2 Å². The van der Waals surface area contributed by atoms with E-state index in [0.717, 1.165) is 38.9 Å². The quantitative estimate of drug-likeness (QED) is 0.256. The molecule has 2 aromatic rings. The Hall–Kier alpha value is -4.31. The summed E-state index contributed by atoms with van der Waals surface area (Å²) in [6.07, 6.45) is 2.91. The number of esters is 2. The molecule has 0 saturated carbocycles. The van der Waals surface area contributed by atoms with Gasteiger partial charge < -0.3 is 35.4 Å². The molecule has 0 radical (unpaired) electrons. The highest BCUT2D eigenvalue weighted by Gasteiger charge is 2.37. The van der Waals surface area contributed by atoms with E-state index < -0.39 is 17.9 Å². The Labute approximate surface area is 246 Å². The highest BCUT2D eigenvalue weighted by atomic mass is 16.5. The summed E-state index contributed by atoms with van der Waals surface area (Å²) < 4.78 is 10.1. The Bertz CT molecular complexity index is 1340. The number of phenols is 1. The van der Waals surface area contributed by atoms with Gasteiger partial charge in [-0.05, 0) is 94.1 Å². The first kappa shape index (κ1) is 30.6. The number of ether oxygens (including phenoxy) is 2. The van der Waals surface area contributed by atoms with E-state index in [1.54, 1.807) is 44.2 Å². The number of piperidine rings is 1. The maximum Gasteiger partial charge on any atom is 0.336 e. The minimum absolute atomic E-state index is 0.302. The Morgan fingerprint density at radius 1 is 0.929 bits per heavy atom. The molecule has 0 spiro atoms. The maximum atomic E-state index is 12.8. The molecule has 1 saturated heterocycles. The number of nitrogens with one attached hydrogen (secondary N) is 3. The summed E-state index contributed by atoms with van der Waals surface area (Å²) in [7, 11) is 2.59. The SMILES string of the molecule is COC(=O)C1=C(C)NC(C)=C(C(=O)OC)C1c1cccc(NC(=O)NCCCN2CCC(c3cccc(O)c3)CC2)c1. The van der Waals surface area contributed by atoms with Crippen molar-refractivity contribution in [2.24, 2.45) is 0 Å². The van der Waals surface area contributed by atoms with Crippen molar-refractivity contribution < 1.29 is 29.0 Å². The van der Waals surface area contributed by atoms with Crippen LogP contribution in [0.15, 0.2) is 71.1 Å². The van der Waals surface area contributed by atoms with Crippen LogP contribution in [0.1, 0.15) is 56.1 Å². The number of nitrogens with zero attached hydrogens (tertiary/aromatic N) is 1. The molecule has 4 rings (SSSR count). The third-order valence-corrected chi connectivity index (χ3v) is 7.91. The molecule has 1 fully saturated rings. The van der Waals surface area contributed by atoms with Gasteiger partial charge in [-0.15, -0.1) is 0 Å². The highest BCUT2D eigenvalue weighted by molar-refractivity contribution is 6.00. The number of allylic oxidation sites excluding steroid dienone is 2. The Balaban J connectivity index is 1.32. The fourth-order valence-corrected chi connectivity index (χ4v) is 5.83. The van der Waals surface area contributed by atoms with Crippen LogP contribution < -0.4 is 16.0 Å². The zero-order chi connectivity index (χ0) is 30.2. The monoisotopic (exact) mass is 576 g/mol. The van der Waals surface area contributed by atoms with Gasteiger partial charge in [0.2, 0.25) is 0 Å². The summed E-state index contributed by atoms with van der Waals surface area (Å²) in [4.78, 5) is 40.6. The summed E-state index contributed by atoms with van der Waals surface area (Å²) in [5, 5.41) is 18.6. The van der Waals surface area contributed by atoms with Gasteiger partial charge in [0.05, 0.1) is 31.3 Å². The summed E-state index contributed by atoms with van der Waals surface area (Å²) in [5.41, 5.74) is 4.13. The number of dihydropyridines is 1. The predicted molar refractivity (Wildman–Crippen MR) is 160 cm³/mol. The number of benzene rings is 2. The average molecular weight is 577 g/mol. The van der Waals surface area contributed by atoms with Crippen LogP contribution in [0.25, 0.3) is 0 Å². The lowest BCUT2D eigenvalue weighted by Crippen LogP contribution is -2.36. The molecule has 0 bridgehead atoms. The van der Waals surface area contributed by atoms with Crippen LogP contribution in [0, 0.1) is 0 Å². The van der Waals surface area contributed by atoms with Crippen LogP contribution in [0.4, 0.5) is 10.5 Å². The number of anilines is 1. The van der Waals surface area contributed by atoms with E-state index in [2.05, 4.69) is 26.9 Å². The fourth-order valence-electron chi connectivity index (χ4n) is 5.83. The van der Waals surface area contributed by atoms with E-state index in [4.69, 9.17) is 9.47 Å². The molecule has 10 nitrogen and oxygen atoms in total. The number of phenolic OH excluding ortho intramolecular Hbond substituents is 1. The lowest BCUT2D eigenvalue weighted by Gasteiger charge is -2.32. The number of aromatic hydroxyl groups is 1. The molecule has 4 N–H and O–H groups in total. The van der Waals surface area contributed by atoms with Gasteiger partial charge >= 0.3 is 18.0 Å². The minimum atomic E-state index is -0.729. The van der Waals surface area contributed by atoms with Gasteiger partial charge in [0, 0.05) is 23.6 Å². The zero-order valence-corrected chi connectivity index (χ0v) is 24.7. The third kappa shape index (κ3) is 7.30. The van der Waals surface area contributed by atoms with Gasteiger partial charge in [0.15, 0.2) is 0 Å². The molecule has 2 aliphatic rings. The fraction of sp³-hybridized carbons (Fsp3) is 0.406. The summed E-state index contributed by atoms with van der Waals surface area (Å²) in [5.74, 6) is -1.07. The number of hydrogen-bond acceptors (Lipinski definition) is 8. The second kappa shape index (κ2) is 14.0. The van der Waals surface area contributed by atoms with Gasteiger partial charge in [-0.1, -0.05) is 24.3 Å². The summed E-state index contributed by atoms with van der Waals surface area (Å²) in [6, 6.07) is 14.3. The molecule has 224 valence electrons. The van der Waals surface area contributed by atoms with Crippen molar-refractivity contribution >= 4 is 23.7 Å². The molecule has 42 heavy (non-hydrogen) atoms. The number of carbonyl (C=O) groups is 3. The smallest absolute Gasteiger partial charge is 0.336 e. The average Bonchev–Trinajstić information content (AvgIpc) is 2.98. The minimum Gasteiger partial charge on any atom is -0.508 e. The highest BCUT2D eigenvalue weighted by Crippen LogP contribution is 2.39. The second-order valence-electron chi connectivity index (χ2n) is 10.7. The number of urea groups is 1. The third-order valence-electron chi connectivity index (χ3n) is 7.91. The van der Waals surface area contributed by atoms with Crippen molar-refractivity contribution in [3.8, 4) is 5.75 Å². The number of amides is 2. The standard InChI is InChI=1S/C32H40N4O6/c1-20-27(30(38)41-3)29(28(21(2)34-20)31(39)42-4)24-9-5-10-25(18-24)35-32(40)33-14-7-15-36-16-12-22(13-17-36)23-8-6-11-26(37)19-23/h5-6,8-11,18-19,22,29,34,37H,7,12-17H2,1-4H3,(H2,33,35,40). The van der Waals surface area contributed by atoms with Crippen molar-refractivity contribution in [2.75, 3.05) is 45.7 Å². The van der Waals surface area contributed by atoms with Crippen LogP contribution in [-0.2, 0) is 19.1 Å². The van der Waals surface area contributed by atoms with E-state index >= 15 is 0 Å². The molecule has 2 heterocycles. The molecule has 2 aromatic carbocycles. The number of likely N-dealkylation sites (tertiary alicyclic amines) is 1. The van der Waals surface area contributed by atoms with Gasteiger partial charge in [-0.2, -0.15) is 0 Å². The van der Waals surface area contributed by atoms with Gasteiger partial charge in [-0.25, -0.2) is 14.4 Å². The van der Waals surface area contributed by atoms with E-state index in [1.165, 1.54) is 19.8 Å². The van der Waals surface area contributed by atoms with E-state index in [9.17, 15) is 19.5 Å². The molecule has 2 amide bonds. The molecule has 0 atom stereocenters. The Kier molecular flexibility index (Phi) is 10.2. The first-order valence-electron chi connectivity index (χ1n) is 14.2. The largest absolute Gasteiger partial charge is 0.508 e. The van der Waals surface area contributed by atoms with Crippen LogP contribution in [0.5, 0.6) is 5.75 Å². The normalized spacial score (nSPS) is 16.6. The lowest BCUT2D eigenvalue weighted by molar-refractivity contribution is -0.137. The summed E-state index contributed by atoms with van der Waals surface area (Å²) in [6.45, 7) is 6.89. The van der Waals surface area contributed by atoms with Crippen LogP contribution in [-0.4, -0.2) is 68.4 Å². The zero-order valence-electron chi connectivity index (χ0n) is 24.7. The van der Waals surface area contributed by atoms with Crippen LogP contribution in [0.2, 0.25) is 0 Å². The number of hydrogen-bond donors (Lipinski definition) is 4. The first-order chi connectivity index (χ1) is 20.2. The van der Waals surface area contributed by atoms with Crippen molar-refractivity contribution in [1.29, 1.82) is 0 Å². The second-order valence-corrected chi connectivity index (χ2v) is 10.7. The van der Waals surface area contributed by atoms with Crippen LogP contribution in [0.3, 0.4) is 0 Å². The Morgan fingerprint density at radius 2 is 1.55 bits per heavy atom. The maximum absolute atomic E-state index is 12.8. The van der Waals surface area contributed by atoms with E-state index in [0.29, 0.717) is 52.0 Å². The number of methoxy groups -OCH3 is 2. The molecular formula is C32H40N4O6. The van der Waals surface area contributed by atoms with Gasteiger partial charge in [0.1, 0.15) is 5.75 Å². The van der Waals surface area contributed by atoms with Crippen molar-refractivity contribution in [3.63, 3.8) is 0 Å². The van der Waals surface area contributed by atoms with E-state index in [-0.39, 0.29) is 6.03 Å².